The minimum Gasteiger partial charge on any atom is -0.466 e. The second-order valence-electron chi connectivity index (χ2n) is 13.1. The SMILES string of the molecule is CCOC(=O)C1([C@H]2CN([C@@H](C)c3ccccc3)C(=O)C2(F)F)CC1.CCOC(=O)C1([C@H]2CN([C@@H](C)c3ccccc3)C(=O)[C@@H]2F)CC1. The Labute approximate surface area is 273 Å². The molecule has 6 rings (SSSR count). The first kappa shape index (κ1) is 34.4. The molecular formula is C36H43F3N2O6. The van der Waals surface area contributed by atoms with Crippen LogP contribution in [0.15, 0.2) is 60.7 Å². The number of likely N-dealkylation sites (tertiary alicyclic amines) is 2. The summed E-state index contributed by atoms with van der Waals surface area (Å²) in [5, 5.41) is 0. The van der Waals surface area contributed by atoms with Crippen LogP contribution < -0.4 is 0 Å². The van der Waals surface area contributed by atoms with Crippen LogP contribution in [0, 0.1) is 22.7 Å². The maximum atomic E-state index is 14.7. The summed E-state index contributed by atoms with van der Waals surface area (Å²) < 4.78 is 54.1. The largest absolute Gasteiger partial charge is 0.466 e. The van der Waals surface area contributed by atoms with Gasteiger partial charge in [0.25, 0.3) is 11.8 Å². The highest BCUT2D eigenvalue weighted by atomic mass is 19.3. The van der Waals surface area contributed by atoms with Crippen LogP contribution in [0.3, 0.4) is 0 Å². The van der Waals surface area contributed by atoms with Crippen molar-refractivity contribution >= 4 is 23.8 Å². The lowest BCUT2D eigenvalue weighted by molar-refractivity contribution is -0.164. The zero-order valence-corrected chi connectivity index (χ0v) is 27.3. The first-order chi connectivity index (χ1) is 22.4. The Bertz CT molecular complexity index is 1460. The van der Waals surface area contributed by atoms with Crippen LogP contribution in [0.25, 0.3) is 0 Å². The first-order valence-corrected chi connectivity index (χ1v) is 16.4. The minimum absolute atomic E-state index is 0.124. The quantitative estimate of drug-likeness (QED) is 0.288. The van der Waals surface area contributed by atoms with Gasteiger partial charge in [0.2, 0.25) is 0 Å². The summed E-state index contributed by atoms with van der Waals surface area (Å²) >= 11 is 0. The van der Waals surface area contributed by atoms with Crippen LogP contribution >= 0.6 is 0 Å². The smallest absolute Gasteiger partial charge is 0.330 e. The van der Waals surface area contributed by atoms with E-state index in [4.69, 9.17) is 9.47 Å². The molecule has 0 spiro atoms. The molecule has 0 bridgehead atoms. The summed E-state index contributed by atoms with van der Waals surface area (Å²) in [5.41, 5.74) is -0.241. The Balaban J connectivity index is 0.000000185. The monoisotopic (exact) mass is 656 g/mol. The predicted molar refractivity (Wildman–Crippen MR) is 167 cm³/mol. The van der Waals surface area contributed by atoms with E-state index in [1.807, 2.05) is 67.6 Å². The summed E-state index contributed by atoms with van der Waals surface area (Å²) in [6.45, 7) is 7.59. The number of esters is 2. The molecule has 2 aromatic carbocycles. The molecule has 2 aromatic rings. The fraction of sp³-hybridized carbons (Fsp3) is 0.556. The van der Waals surface area contributed by atoms with Crippen molar-refractivity contribution in [2.45, 2.75) is 77.6 Å². The Hall–Kier alpha value is -3.89. The van der Waals surface area contributed by atoms with Gasteiger partial charge in [0.1, 0.15) is 0 Å². The average Bonchev–Trinajstić information content (AvgIpc) is 4.00. The second kappa shape index (κ2) is 13.3. The average molecular weight is 657 g/mol. The molecule has 2 saturated carbocycles. The second-order valence-corrected chi connectivity index (χ2v) is 13.1. The van der Waals surface area contributed by atoms with Crippen LogP contribution in [0.1, 0.15) is 76.6 Å². The van der Waals surface area contributed by atoms with E-state index < -0.39 is 58.6 Å². The Kier molecular flexibility index (Phi) is 9.76. The zero-order valence-electron chi connectivity index (χ0n) is 27.3. The number of hydrogen-bond acceptors (Lipinski definition) is 6. The van der Waals surface area contributed by atoms with Gasteiger partial charge in [0, 0.05) is 19.0 Å². The van der Waals surface area contributed by atoms with Crippen LogP contribution in [-0.4, -0.2) is 72.0 Å². The molecule has 47 heavy (non-hydrogen) atoms. The van der Waals surface area contributed by atoms with Gasteiger partial charge < -0.3 is 19.3 Å². The van der Waals surface area contributed by atoms with Crippen LogP contribution in [0.5, 0.6) is 0 Å². The maximum Gasteiger partial charge on any atom is 0.330 e. The van der Waals surface area contributed by atoms with Gasteiger partial charge in [-0.3, -0.25) is 19.2 Å². The molecule has 0 N–H and O–H groups in total. The summed E-state index contributed by atoms with van der Waals surface area (Å²) in [6, 6.07) is 18.0. The van der Waals surface area contributed by atoms with Crippen molar-refractivity contribution in [2.24, 2.45) is 22.7 Å². The molecule has 2 aliphatic carbocycles. The van der Waals surface area contributed by atoms with Crippen molar-refractivity contribution in [1.29, 1.82) is 0 Å². The van der Waals surface area contributed by atoms with Crippen LogP contribution in [0.2, 0.25) is 0 Å². The molecule has 4 aliphatic rings. The van der Waals surface area contributed by atoms with E-state index in [1.165, 1.54) is 4.90 Å². The molecule has 0 aromatic heterocycles. The van der Waals surface area contributed by atoms with Gasteiger partial charge in [0.05, 0.1) is 42.0 Å². The van der Waals surface area contributed by atoms with Crippen molar-refractivity contribution < 1.29 is 41.8 Å². The van der Waals surface area contributed by atoms with E-state index in [0.717, 1.165) is 11.1 Å². The topological polar surface area (TPSA) is 93.2 Å². The van der Waals surface area contributed by atoms with E-state index >= 15 is 0 Å². The van der Waals surface area contributed by atoms with E-state index in [2.05, 4.69) is 0 Å². The normalized spacial score (nSPS) is 26.1. The molecule has 254 valence electrons. The number of alkyl halides is 3. The first-order valence-electron chi connectivity index (χ1n) is 16.4. The Morgan fingerprint density at radius 1 is 0.766 bits per heavy atom. The molecule has 5 atom stereocenters. The van der Waals surface area contributed by atoms with E-state index in [0.29, 0.717) is 25.7 Å². The maximum absolute atomic E-state index is 14.7. The van der Waals surface area contributed by atoms with Crippen molar-refractivity contribution in [1.82, 2.24) is 9.80 Å². The summed E-state index contributed by atoms with van der Waals surface area (Å²) in [6.07, 6.45) is 0.308. The third kappa shape index (κ3) is 6.25. The van der Waals surface area contributed by atoms with Gasteiger partial charge in [-0.25, -0.2) is 4.39 Å². The van der Waals surface area contributed by atoms with Gasteiger partial charge in [-0.05, 0) is 64.5 Å². The highest BCUT2D eigenvalue weighted by molar-refractivity contribution is 5.90. The lowest BCUT2D eigenvalue weighted by atomic mass is 9.85. The fourth-order valence-electron chi connectivity index (χ4n) is 7.18. The lowest BCUT2D eigenvalue weighted by Crippen LogP contribution is -2.41. The van der Waals surface area contributed by atoms with Crippen molar-refractivity contribution in [3.05, 3.63) is 71.8 Å². The number of benzene rings is 2. The number of halogens is 3. The molecule has 2 aliphatic heterocycles. The molecule has 8 nitrogen and oxygen atoms in total. The summed E-state index contributed by atoms with van der Waals surface area (Å²) in [7, 11) is 0. The number of ether oxygens (including phenoxy) is 2. The highest BCUT2D eigenvalue weighted by Crippen LogP contribution is 2.60. The van der Waals surface area contributed by atoms with Crippen LogP contribution in [0.4, 0.5) is 13.2 Å². The third-order valence-corrected chi connectivity index (χ3v) is 10.4. The molecule has 0 radical (unpaired) electrons. The molecule has 2 heterocycles. The Morgan fingerprint density at radius 3 is 1.66 bits per heavy atom. The highest BCUT2D eigenvalue weighted by Gasteiger charge is 2.71. The number of rotatable bonds is 10. The van der Waals surface area contributed by atoms with Gasteiger partial charge in [-0.15, -0.1) is 0 Å². The number of hydrogen-bond donors (Lipinski definition) is 0. The van der Waals surface area contributed by atoms with E-state index in [9.17, 15) is 32.3 Å². The molecule has 11 heteroatoms. The summed E-state index contributed by atoms with van der Waals surface area (Å²) in [5.74, 6) is -8.11. The molecule has 4 fully saturated rings. The van der Waals surface area contributed by atoms with E-state index in [-0.39, 0.29) is 38.3 Å². The third-order valence-electron chi connectivity index (χ3n) is 10.4. The molecule has 0 unspecified atom stereocenters. The van der Waals surface area contributed by atoms with Gasteiger partial charge in [-0.2, -0.15) is 8.78 Å². The minimum atomic E-state index is -3.54. The Morgan fingerprint density at radius 2 is 1.21 bits per heavy atom. The van der Waals surface area contributed by atoms with E-state index in [1.54, 1.807) is 25.7 Å². The van der Waals surface area contributed by atoms with Gasteiger partial charge >= 0.3 is 17.9 Å². The summed E-state index contributed by atoms with van der Waals surface area (Å²) in [4.78, 5) is 51.8. The molecule has 2 amide bonds. The van der Waals surface area contributed by atoms with Crippen molar-refractivity contribution in [3.8, 4) is 0 Å². The molecule has 2 saturated heterocycles. The zero-order chi connectivity index (χ0) is 34.1. The van der Waals surface area contributed by atoms with Crippen LogP contribution in [-0.2, 0) is 28.7 Å². The lowest BCUT2D eigenvalue weighted by Gasteiger charge is -2.26. The number of amides is 2. The number of carbonyl (C=O) groups excluding carboxylic acids is 4. The number of carbonyl (C=O) groups is 4. The predicted octanol–water partition coefficient (Wildman–Crippen LogP) is 6.07. The van der Waals surface area contributed by atoms with Gasteiger partial charge in [-0.1, -0.05) is 60.7 Å². The molecular weight excluding hydrogens is 613 g/mol. The fourth-order valence-corrected chi connectivity index (χ4v) is 7.18. The number of nitrogens with zero attached hydrogens (tertiary/aromatic N) is 2. The van der Waals surface area contributed by atoms with Crippen molar-refractivity contribution in [3.63, 3.8) is 0 Å². The van der Waals surface area contributed by atoms with Gasteiger partial charge in [0.15, 0.2) is 6.17 Å². The van der Waals surface area contributed by atoms with Crippen molar-refractivity contribution in [2.75, 3.05) is 26.3 Å². The standard InChI is InChI=1S/C18H21F2NO3.C18H22FNO3/c1-3-24-16(23)17(9-10-17)14-11-21(15(22)18(14,19)20)12(2)13-7-5-4-6-8-13;1-3-23-17(22)18(9-10-18)14-11-20(16(21)15(14)19)12(2)13-7-5-4-6-8-13/h4-8,12,14H,3,9-11H2,1-2H3;4-8,12,14-15H,3,9-11H2,1-2H3/t12-,14+;12-,14-,15+/m00/s1.